The average molecular weight is 397 g/mol. The maximum atomic E-state index is 12.1. The molecule has 0 rings (SSSR count). The number of rotatable bonds is 21. The minimum absolute atomic E-state index is 0.0972. The summed E-state index contributed by atoms with van der Waals surface area (Å²) in [6.45, 7) is 6.53. The predicted octanol–water partition coefficient (Wildman–Crippen LogP) is 7.27. The molecule has 1 amide bonds. The second-order valence-corrected chi connectivity index (χ2v) is 8.73. The van der Waals surface area contributed by atoms with E-state index in [1.54, 1.807) is 0 Å². The van der Waals surface area contributed by atoms with Crippen molar-refractivity contribution in [3.05, 3.63) is 0 Å². The molecule has 3 nitrogen and oxygen atoms in total. The van der Waals surface area contributed by atoms with Gasteiger partial charge < -0.3 is 11.1 Å². The van der Waals surface area contributed by atoms with E-state index in [1.165, 1.54) is 89.9 Å². The molecular formula is C25H52N2O. The SMILES string of the molecule is CCCCCCCCCCCCCCCCCC(=O)NC(CC)C(N)CCC. The summed E-state index contributed by atoms with van der Waals surface area (Å²) in [5, 5.41) is 3.14. The van der Waals surface area contributed by atoms with E-state index < -0.39 is 0 Å². The number of unbranched alkanes of at least 4 members (excludes halogenated alkanes) is 14. The number of carbonyl (C=O) groups is 1. The first-order valence-electron chi connectivity index (χ1n) is 12.7. The lowest BCUT2D eigenvalue weighted by atomic mass is 10.0. The second-order valence-electron chi connectivity index (χ2n) is 8.73. The summed E-state index contributed by atoms with van der Waals surface area (Å²) in [5.41, 5.74) is 6.16. The van der Waals surface area contributed by atoms with Gasteiger partial charge in [-0.25, -0.2) is 0 Å². The number of nitrogens with two attached hydrogens (primary N) is 1. The summed E-state index contributed by atoms with van der Waals surface area (Å²) in [5.74, 6) is 0.188. The smallest absolute Gasteiger partial charge is 0.220 e. The Labute approximate surface area is 177 Å². The molecule has 0 aromatic rings. The van der Waals surface area contributed by atoms with Crippen LogP contribution in [-0.4, -0.2) is 18.0 Å². The Morgan fingerprint density at radius 3 is 1.50 bits per heavy atom. The molecule has 2 unspecified atom stereocenters. The number of hydrogen-bond donors (Lipinski definition) is 2. The summed E-state index contributed by atoms with van der Waals surface area (Å²) < 4.78 is 0. The van der Waals surface area contributed by atoms with Crippen LogP contribution in [0.1, 0.15) is 143 Å². The monoisotopic (exact) mass is 396 g/mol. The molecule has 28 heavy (non-hydrogen) atoms. The first-order valence-corrected chi connectivity index (χ1v) is 12.7. The highest BCUT2D eigenvalue weighted by atomic mass is 16.1. The van der Waals surface area contributed by atoms with Gasteiger partial charge in [0.15, 0.2) is 0 Å². The first-order chi connectivity index (χ1) is 13.7. The van der Waals surface area contributed by atoms with Crippen LogP contribution in [0.2, 0.25) is 0 Å². The lowest BCUT2D eigenvalue weighted by Crippen LogP contribution is -2.47. The van der Waals surface area contributed by atoms with Crippen molar-refractivity contribution in [1.29, 1.82) is 0 Å². The van der Waals surface area contributed by atoms with Gasteiger partial charge in [0.25, 0.3) is 0 Å². The zero-order chi connectivity index (χ0) is 20.9. The Bertz CT molecular complexity index is 333. The van der Waals surface area contributed by atoms with Crippen LogP contribution < -0.4 is 11.1 Å². The van der Waals surface area contributed by atoms with E-state index in [9.17, 15) is 4.79 Å². The highest BCUT2D eigenvalue weighted by Crippen LogP contribution is 2.14. The summed E-state index contributed by atoms with van der Waals surface area (Å²) in [4.78, 5) is 12.1. The van der Waals surface area contributed by atoms with Gasteiger partial charge >= 0.3 is 0 Å². The molecule has 0 radical (unpaired) electrons. The third kappa shape index (κ3) is 17.5. The summed E-state index contributed by atoms with van der Waals surface area (Å²) in [6.07, 6.45) is 24.0. The molecule has 0 heterocycles. The van der Waals surface area contributed by atoms with Crippen LogP contribution in [-0.2, 0) is 4.79 Å². The van der Waals surface area contributed by atoms with Crippen LogP contribution in [0.5, 0.6) is 0 Å². The number of nitrogens with one attached hydrogen (secondary N) is 1. The van der Waals surface area contributed by atoms with Gasteiger partial charge in [0.2, 0.25) is 5.91 Å². The van der Waals surface area contributed by atoms with Crippen molar-refractivity contribution in [2.24, 2.45) is 5.73 Å². The second kappa shape index (κ2) is 21.1. The van der Waals surface area contributed by atoms with Crippen LogP contribution in [0.15, 0.2) is 0 Å². The topological polar surface area (TPSA) is 55.1 Å². The molecular weight excluding hydrogens is 344 g/mol. The fraction of sp³-hybridized carbons (Fsp3) is 0.960. The molecule has 2 atom stereocenters. The van der Waals surface area contributed by atoms with E-state index in [4.69, 9.17) is 5.73 Å². The normalized spacial score (nSPS) is 13.4. The van der Waals surface area contributed by atoms with E-state index in [2.05, 4.69) is 26.1 Å². The predicted molar refractivity (Wildman–Crippen MR) is 125 cm³/mol. The average Bonchev–Trinajstić information content (AvgIpc) is 2.69. The molecule has 0 fully saturated rings. The summed E-state index contributed by atoms with van der Waals surface area (Å²) in [7, 11) is 0. The van der Waals surface area contributed by atoms with Crippen molar-refractivity contribution >= 4 is 5.91 Å². The highest BCUT2D eigenvalue weighted by Gasteiger charge is 2.17. The Morgan fingerprint density at radius 2 is 1.11 bits per heavy atom. The maximum Gasteiger partial charge on any atom is 0.220 e. The van der Waals surface area contributed by atoms with Gasteiger partial charge in [-0.15, -0.1) is 0 Å². The molecule has 3 heteroatoms. The number of amides is 1. The molecule has 0 spiro atoms. The molecule has 0 saturated carbocycles. The van der Waals surface area contributed by atoms with Crippen molar-refractivity contribution in [1.82, 2.24) is 5.32 Å². The minimum Gasteiger partial charge on any atom is -0.352 e. The van der Waals surface area contributed by atoms with Crippen molar-refractivity contribution in [2.45, 2.75) is 155 Å². The molecule has 0 saturated heterocycles. The first kappa shape index (κ1) is 27.4. The van der Waals surface area contributed by atoms with E-state index in [0.29, 0.717) is 6.42 Å². The van der Waals surface area contributed by atoms with Crippen molar-refractivity contribution < 1.29 is 4.79 Å². The standard InChI is InChI=1S/C25H52N2O/c1-4-7-8-9-10-11-12-13-14-15-16-17-18-19-20-22-25(28)27-24(6-3)23(26)21-5-2/h23-24H,4-22,26H2,1-3H3,(H,27,28). The Balaban J connectivity index is 3.37. The summed E-state index contributed by atoms with van der Waals surface area (Å²) >= 11 is 0. The van der Waals surface area contributed by atoms with Crippen LogP contribution in [0.4, 0.5) is 0 Å². The zero-order valence-electron chi connectivity index (χ0n) is 19.6. The molecule has 0 aliphatic heterocycles. The van der Waals surface area contributed by atoms with Gasteiger partial charge in [-0.2, -0.15) is 0 Å². The number of carbonyl (C=O) groups excluding carboxylic acids is 1. The largest absolute Gasteiger partial charge is 0.352 e. The Hall–Kier alpha value is -0.570. The Morgan fingerprint density at radius 1 is 0.679 bits per heavy atom. The van der Waals surface area contributed by atoms with Gasteiger partial charge in [0.1, 0.15) is 0 Å². The van der Waals surface area contributed by atoms with Gasteiger partial charge in [-0.05, 0) is 19.3 Å². The maximum absolute atomic E-state index is 12.1. The van der Waals surface area contributed by atoms with Crippen LogP contribution >= 0.6 is 0 Å². The van der Waals surface area contributed by atoms with E-state index in [-0.39, 0.29) is 18.0 Å². The van der Waals surface area contributed by atoms with E-state index in [0.717, 1.165) is 25.7 Å². The van der Waals surface area contributed by atoms with Gasteiger partial charge in [0, 0.05) is 18.5 Å². The lowest BCUT2D eigenvalue weighted by molar-refractivity contribution is -0.122. The zero-order valence-corrected chi connectivity index (χ0v) is 19.6. The fourth-order valence-corrected chi connectivity index (χ4v) is 3.98. The van der Waals surface area contributed by atoms with Crippen LogP contribution in [0.25, 0.3) is 0 Å². The molecule has 0 bridgehead atoms. The molecule has 0 aromatic heterocycles. The van der Waals surface area contributed by atoms with E-state index >= 15 is 0 Å². The summed E-state index contributed by atoms with van der Waals surface area (Å²) in [6, 6.07) is 0.240. The van der Waals surface area contributed by atoms with E-state index in [1.807, 2.05) is 0 Å². The van der Waals surface area contributed by atoms with Crippen molar-refractivity contribution in [3.8, 4) is 0 Å². The molecule has 0 aliphatic rings. The fourth-order valence-electron chi connectivity index (χ4n) is 3.98. The van der Waals surface area contributed by atoms with Crippen molar-refractivity contribution in [2.75, 3.05) is 0 Å². The third-order valence-corrected chi connectivity index (χ3v) is 5.93. The van der Waals surface area contributed by atoms with Crippen molar-refractivity contribution in [3.63, 3.8) is 0 Å². The third-order valence-electron chi connectivity index (χ3n) is 5.93. The lowest BCUT2D eigenvalue weighted by Gasteiger charge is -2.23. The highest BCUT2D eigenvalue weighted by molar-refractivity contribution is 5.76. The minimum atomic E-state index is 0.0972. The molecule has 3 N–H and O–H groups in total. The van der Waals surface area contributed by atoms with Gasteiger partial charge in [-0.3, -0.25) is 4.79 Å². The van der Waals surface area contributed by atoms with Gasteiger partial charge in [0.05, 0.1) is 0 Å². The molecule has 0 aromatic carbocycles. The molecule has 0 aliphatic carbocycles. The van der Waals surface area contributed by atoms with Crippen LogP contribution in [0.3, 0.4) is 0 Å². The van der Waals surface area contributed by atoms with Crippen LogP contribution in [0, 0.1) is 0 Å². The number of hydrogen-bond acceptors (Lipinski definition) is 2. The molecule has 168 valence electrons. The quantitative estimate of drug-likeness (QED) is 0.200. The van der Waals surface area contributed by atoms with Gasteiger partial charge in [-0.1, -0.05) is 117 Å². The Kier molecular flexibility index (Phi) is 20.7.